The minimum absolute atomic E-state index is 0.0139. The fraction of sp³-hybridized carbons (Fsp3) is 0.419. The number of benzene rings is 2. The number of phenols is 1. The molecule has 2 aromatic heterocycles. The van der Waals surface area contributed by atoms with Crippen LogP contribution in [0.2, 0.25) is 5.02 Å². The van der Waals surface area contributed by atoms with E-state index in [1.54, 1.807) is 24.4 Å². The third-order valence-corrected chi connectivity index (χ3v) is 8.62. The van der Waals surface area contributed by atoms with Crippen LogP contribution in [-0.4, -0.2) is 45.8 Å². The number of rotatable bonds is 8. The van der Waals surface area contributed by atoms with Crippen molar-refractivity contribution in [3.05, 3.63) is 64.5 Å². The summed E-state index contributed by atoms with van der Waals surface area (Å²) in [6.07, 6.45) is 12.3. The molecular weight excluding hydrogens is 516 g/mol. The number of hydrogen-bond acceptors (Lipinski definition) is 6. The zero-order valence-electron chi connectivity index (χ0n) is 21.9. The molecule has 4 aromatic rings. The highest BCUT2D eigenvalue weighted by molar-refractivity contribution is 6.32. The van der Waals surface area contributed by atoms with Gasteiger partial charge in [0.2, 0.25) is 5.88 Å². The summed E-state index contributed by atoms with van der Waals surface area (Å²) in [5, 5.41) is 23.9. The third kappa shape index (κ3) is 5.06. The van der Waals surface area contributed by atoms with Crippen LogP contribution in [0.3, 0.4) is 0 Å². The minimum Gasteiger partial charge on any atom is -0.507 e. The van der Waals surface area contributed by atoms with Crippen LogP contribution in [0.5, 0.6) is 11.6 Å². The minimum atomic E-state index is -1.11. The Labute approximate surface area is 232 Å². The lowest BCUT2D eigenvalue weighted by atomic mass is 9.88. The fourth-order valence-corrected chi connectivity index (χ4v) is 6.63. The number of furan rings is 1. The molecular formula is C31H33ClN2O5. The van der Waals surface area contributed by atoms with Gasteiger partial charge in [-0.2, -0.15) is 0 Å². The average Bonchev–Trinajstić information content (AvgIpc) is 3.62. The van der Waals surface area contributed by atoms with Gasteiger partial charge in [0.05, 0.1) is 12.6 Å². The third-order valence-electron chi connectivity index (χ3n) is 8.38. The van der Waals surface area contributed by atoms with E-state index in [2.05, 4.69) is 9.88 Å². The number of ether oxygens (including phenoxy) is 1. The van der Waals surface area contributed by atoms with Crippen molar-refractivity contribution in [3.63, 3.8) is 0 Å². The predicted molar refractivity (Wildman–Crippen MR) is 151 cm³/mol. The van der Waals surface area contributed by atoms with Gasteiger partial charge in [-0.15, -0.1) is 0 Å². The highest BCUT2D eigenvalue weighted by Crippen LogP contribution is 2.47. The van der Waals surface area contributed by atoms with Crippen molar-refractivity contribution in [2.45, 2.75) is 57.4 Å². The normalized spacial score (nSPS) is 17.7. The summed E-state index contributed by atoms with van der Waals surface area (Å²) < 4.78 is 12.0. The molecule has 1 saturated heterocycles. The lowest BCUT2D eigenvalue weighted by Crippen LogP contribution is -2.34. The molecule has 2 aliphatic rings. The van der Waals surface area contributed by atoms with Crippen LogP contribution in [0.25, 0.3) is 21.7 Å². The van der Waals surface area contributed by atoms with Gasteiger partial charge in [0.1, 0.15) is 23.2 Å². The number of piperidine rings is 1. The van der Waals surface area contributed by atoms with Gasteiger partial charge >= 0.3 is 5.97 Å². The molecule has 2 N–H and O–H groups in total. The number of hydrogen-bond donors (Lipinski definition) is 2. The van der Waals surface area contributed by atoms with Crippen molar-refractivity contribution in [1.82, 2.24) is 9.88 Å². The second-order valence-corrected chi connectivity index (χ2v) is 11.3. The Morgan fingerprint density at radius 3 is 2.67 bits per heavy atom. The number of fused-ring (bicyclic) bond motifs is 3. The predicted octanol–water partition coefficient (Wildman–Crippen LogP) is 7.57. The number of pyridine rings is 1. The Balaban J connectivity index is 1.49. The number of nitrogens with zero attached hydrogens (tertiary/aromatic N) is 2. The summed E-state index contributed by atoms with van der Waals surface area (Å²) in [6, 6.07) is 8.61. The second kappa shape index (κ2) is 11.1. The van der Waals surface area contributed by atoms with E-state index < -0.39 is 12.0 Å². The van der Waals surface area contributed by atoms with E-state index in [-0.39, 0.29) is 11.3 Å². The Bertz CT molecular complexity index is 1500. The molecule has 2 fully saturated rings. The molecule has 204 valence electrons. The van der Waals surface area contributed by atoms with Gasteiger partial charge in [0.25, 0.3) is 0 Å². The molecule has 1 aliphatic heterocycles. The molecule has 1 aliphatic carbocycles. The largest absolute Gasteiger partial charge is 0.507 e. The van der Waals surface area contributed by atoms with Crippen LogP contribution in [0.15, 0.2) is 47.2 Å². The van der Waals surface area contributed by atoms with E-state index in [1.807, 2.05) is 12.1 Å². The number of aromatic hydroxyl groups is 1. The number of carbonyl (C=O) groups is 1. The first-order valence-corrected chi connectivity index (χ1v) is 14.3. The van der Waals surface area contributed by atoms with Crippen molar-refractivity contribution >= 4 is 39.3 Å². The van der Waals surface area contributed by atoms with E-state index in [4.69, 9.17) is 20.8 Å². The molecule has 1 unspecified atom stereocenters. The quantitative estimate of drug-likeness (QED) is 0.234. The Kier molecular flexibility index (Phi) is 7.36. The maximum Gasteiger partial charge on any atom is 0.339 e. The van der Waals surface area contributed by atoms with Gasteiger partial charge < -0.3 is 19.4 Å². The molecule has 2 aromatic carbocycles. The summed E-state index contributed by atoms with van der Waals surface area (Å²) >= 11 is 6.34. The topological polar surface area (TPSA) is 96.0 Å². The Morgan fingerprint density at radius 1 is 1.10 bits per heavy atom. The molecule has 0 radical (unpaired) electrons. The first kappa shape index (κ1) is 26.0. The standard InChI is InChI=1S/C31H33ClN2O5/c32-21-8-9-22-23(17-21)29(35)27(26-24(31(36)37)18-39-30(22)26)28(34-13-4-1-5-14-34)20-10-12-33-25(16-20)38-15-11-19-6-2-3-7-19/h8-10,12,16-19,28,35H,1-7,11,13-15H2,(H,36,37). The molecule has 8 heteroatoms. The molecule has 6 rings (SSSR count). The van der Waals surface area contributed by atoms with E-state index >= 15 is 0 Å². The van der Waals surface area contributed by atoms with Crippen molar-refractivity contribution in [1.29, 1.82) is 0 Å². The van der Waals surface area contributed by atoms with Crippen LogP contribution in [0.1, 0.15) is 78.9 Å². The van der Waals surface area contributed by atoms with Crippen molar-refractivity contribution in [3.8, 4) is 11.6 Å². The van der Waals surface area contributed by atoms with E-state index in [0.717, 1.165) is 50.3 Å². The van der Waals surface area contributed by atoms with Gasteiger partial charge in [0.15, 0.2) is 0 Å². The lowest BCUT2D eigenvalue weighted by Gasteiger charge is -2.36. The number of phenolic OH excluding ortho intramolecular Hbond substituents is 1. The van der Waals surface area contributed by atoms with Gasteiger partial charge in [-0.1, -0.05) is 43.7 Å². The van der Waals surface area contributed by atoms with Gasteiger partial charge in [0, 0.05) is 39.0 Å². The Hall–Kier alpha value is -3.29. The van der Waals surface area contributed by atoms with Crippen LogP contribution >= 0.6 is 11.6 Å². The number of carboxylic acids is 1. The smallest absolute Gasteiger partial charge is 0.339 e. The maximum absolute atomic E-state index is 12.3. The molecule has 0 bridgehead atoms. The van der Waals surface area contributed by atoms with Crippen LogP contribution in [-0.2, 0) is 0 Å². The first-order valence-electron chi connectivity index (χ1n) is 13.9. The Morgan fingerprint density at radius 2 is 1.90 bits per heavy atom. The second-order valence-electron chi connectivity index (χ2n) is 10.8. The highest BCUT2D eigenvalue weighted by Gasteiger charge is 2.33. The van der Waals surface area contributed by atoms with Crippen molar-refractivity contribution < 1.29 is 24.2 Å². The maximum atomic E-state index is 12.3. The van der Waals surface area contributed by atoms with Crippen molar-refractivity contribution in [2.75, 3.05) is 19.7 Å². The van der Waals surface area contributed by atoms with Gasteiger partial charge in [-0.3, -0.25) is 4.90 Å². The highest BCUT2D eigenvalue weighted by atomic mass is 35.5. The molecule has 1 saturated carbocycles. The summed E-state index contributed by atoms with van der Waals surface area (Å²) in [7, 11) is 0. The monoisotopic (exact) mass is 548 g/mol. The zero-order chi connectivity index (χ0) is 26.9. The number of halogens is 1. The van der Waals surface area contributed by atoms with Gasteiger partial charge in [-0.25, -0.2) is 9.78 Å². The van der Waals surface area contributed by atoms with E-state index in [1.165, 1.54) is 31.9 Å². The summed E-state index contributed by atoms with van der Waals surface area (Å²) in [5.74, 6) is 0.169. The summed E-state index contributed by atoms with van der Waals surface area (Å²) in [4.78, 5) is 19.1. The molecule has 0 amide bonds. The molecule has 7 nitrogen and oxygen atoms in total. The summed E-state index contributed by atoms with van der Waals surface area (Å²) in [6.45, 7) is 2.25. The fourth-order valence-electron chi connectivity index (χ4n) is 6.46. The van der Waals surface area contributed by atoms with Gasteiger partial charge in [-0.05, 0) is 68.1 Å². The number of likely N-dealkylation sites (tertiary alicyclic amines) is 1. The molecule has 0 spiro atoms. The van der Waals surface area contributed by atoms with Crippen molar-refractivity contribution in [2.24, 2.45) is 5.92 Å². The van der Waals surface area contributed by atoms with E-state index in [9.17, 15) is 15.0 Å². The number of aromatic carboxylic acids is 1. The SMILES string of the molecule is O=C(O)c1coc2c1c(C(c1ccnc(OCCC3CCCC3)c1)N1CCCCC1)c(O)c1cc(Cl)ccc12. The van der Waals surface area contributed by atoms with Crippen LogP contribution < -0.4 is 4.74 Å². The molecule has 3 heterocycles. The summed E-state index contributed by atoms with van der Waals surface area (Å²) in [5.41, 5.74) is 1.85. The average molecular weight is 549 g/mol. The zero-order valence-corrected chi connectivity index (χ0v) is 22.6. The van der Waals surface area contributed by atoms with Crippen LogP contribution in [0.4, 0.5) is 0 Å². The first-order chi connectivity index (χ1) is 19.0. The number of carboxylic acid groups (broad SMARTS) is 1. The van der Waals surface area contributed by atoms with E-state index in [0.29, 0.717) is 44.8 Å². The molecule has 39 heavy (non-hydrogen) atoms. The number of aromatic nitrogens is 1. The molecule has 1 atom stereocenters. The van der Waals surface area contributed by atoms with Crippen LogP contribution in [0, 0.1) is 5.92 Å². The lowest BCUT2D eigenvalue weighted by molar-refractivity contribution is 0.0698.